The molecule has 20 heavy (non-hydrogen) atoms. The first-order valence-corrected chi connectivity index (χ1v) is 5.77. The molecule has 2 aromatic carbocycles. The van der Waals surface area contributed by atoms with Gasteiger partial charge in [0.15, 0.2) is 0 Å². The van der Waals surface area contributed by atoms with E-state index in [0.717, 1.165) is 17.7 Å². The van der Waals surface area contributed by atoms with Crippen LogP contribution in [0.2, 0.25) is 0 Å². The Morgan fingerprint density at radius 3 is 2.40 bits per heavy atom. The molecule has 2 nitrogen and oxygen atoms in total. The van der Waals surface area contributed by atoms with Crippen molar-refractivity contribution in [1.82, 2.24) is 0 Å². The molecule has 0 radical (unpaired) electrons. The molecule has 0 aliphatic carbocycles. The summed E-state index contributed by atoms with van der Waals surface area (Å²) < 4.78 is 51.0. The smallest absolute Gasteiger partial charge is 0.399 e. The summed E-state index contributed by atoms with van der Waals surface area (Å²) in [5.74, 6) is -1.30. The molecule has 2 aromatic rings. The van der Waals surface area contributed by atoms with Gasteiger partial charge in [0.2, 0.25) is 0 Å². The van der Waals surface area contributed by atoms with Crippen LogP contribution < -0.4 is 11.1 Å². The van der Waals surface area contributed by atoms with Crippen molar-refractivity contribution in [1.29, 1.82) is 0 Å². The molecule has 0 saturated carbocycles. The van der Waals surface area contributed by atoms with Crippen LogP contribution in [0.15, 0.2) is 36.4 Å². The molecule has 0 fully saturated rings. The second kappa shape index (κ2) is 5.03. The lowest BCUT2D eigenvalue weighted by Gasteiger charge is -2.13. The Morgan fingerprint density at radius 1 is 1.05 bits per heavy atom. The van der Waals surface area contributed by atoms with E-state index in [-0.39, 0.29) is 5.69 Å². The van der Waals surface area contributed by atoms with E-state index < -0.39 is 17.6 Å². The first-order chi connectivity index (χ1) is 9.27. The van der Waals surface area contributed by atoms with Crippen LogP contribution in [0, 0.1) is 12.7 Å². The minimum atomic E-state index is -4.73. The lowest BCUT2D eigenvalue weighted by Crippen LogP contribution is -2.08. The molecule has 106 valence electrons. The first kappa shape index (κ1) is 14.2. The van der Waals surface area contributed by atoms with E-state index in [4.69, 9.17) is 5.73 Å². The summed E-state index contributed by atoms with van der Waals surface area (Å²) in [5, 5.41) is 2.81. The first-order valence-electron chi connectivity index (χ1n) is 5.77. The Morgan fingerprint density at radius 2 is 1.75 bits per heavy atom. The van der Waals surface area contributed by atoms with Crippen molar-refractivity contribution >= 4 is 17.1 Å². The fourth-order valence-electron chi connectivity index (χ4n) is 1.75. The number of alkyl halides is 3. The minimum absolute atomic E-state index is 0.146. The van der Waals surface area contributed by atoms with E-state index in [1.807, 2.05) is 0 Å². The molecule has 0 atom stereocenters. The van der Waals surface area contributed by atoms with Crippen LogP contribution in [0.25, 0.3) is 0 Å². The number of benzene rings is 2. The number of hydrogen-bond acceptors (Lipinski definition) is 2. The zero-order valence-corrected chi connectivity index (χ0v) is 10.6. The summed E-state index contributed by atoms with van der Waals surface area (Å²) in [6.07, 6.45) is -4.73. The summed E-state index contributed by atoms with van der Waals surface area (Å²) >= 11 is 0. The maximum absolute atomic E-state index is 13.2. The Labute approximate surface area is 113 Å². The van der Waals surface area contributed by atoms with E-state index in [0.29, 0.717) is 11.4 Å². The molecule has 0 bridgehead atoms. The molecule has 0 saturated heterocycles. The summed E-state index contributed by atoms with van der Waals surface area (Å²) in [6, 6.07) is 7.79. The number of hydrogen-bond donors (Lipinski definition) is 2. The molecule has 0 amide bonds. The summed E-state index contributed by atoms with van der Waals surface area (Å²) in [4.78, 5) is 0. The van der Waals surface area contributed by atoms with Gasteiger partial charge in [0, 0.05) is 17.1 Å². The number of nitrogens with one attached hydrogen (secondary N) is 1. The predicted octanol–water partition coefficient (Wildman–Crippen LogP) is 4.48. The van der Waals surface area contributed by atoms with E-state index >= 15 is 0 Å². The van der Waals surface area contributed by atoms with Crippen LogP contribution in [0.5, 0.6) is 0 Å². The maximum Gasteiger partial charge on any atom is 0.419 e. The molecule has 3 N–H and O–H groups in total. The normalized spacial score (nSPS) is 11.4. The van der Waals surface area contributed by atoms with Gasteiger partial charge in [-0.05, 0) is 42.8 Å². The van der Waals surface area contributed by atoms with Gasteiger partial charge in [-0.2, -0.15) is 13.2 Å². The van der Waals surface area contributed by atoms with Crippen LogP contribution in [0.3, 0.4) is 0 Å². The van der Waals surface area contributed by atoms with Crippen molar-refractivity contribution in [2.45, 2.75) is 13.1 Å². The number of rotatable bonds is 2. The van der Waals surface area contributed by atoms with Gasteiger partial charge in [-0.15, -0.1) is 0 Å². The van der Waals surface area contributed by atoms with Crippen molar-refractivity contribution in [3.05, 3.63) is 53.3 Å². The van der Waals surface area contributed by atoms with Gasteiger partial charge in [-0.1, -0.05) is 6.07 Å². The number of aryl methyl sites for hydroxylation is 1. The second-order valence-electron chi connectivity index (χ2n) is 4.39. The highest BCUT2D eigenvalue weighted by Gasteiger charge is 2.34. The van der Waals surface area contributed by atoms with Gasteiger partial charge in [0.25, 0.3) is 0 Å². The van der Waals surface area contributed by atoms with Crippen LogP contribution >= 0.6 is 0 Å². The van der Waals surface area contributed by atoms with Crippen molar-refractivity contribution in [3.8, 4) is 0 Å². The van der Waals surface area contributed by atoms with Crippen LogP contribution in [-0.2, 0) is 6.18 Å². The lowest BCUT2D eigenvalue weighted by molar-refractivity contribution is -0.139. The molecule has 2 rings (SSSR count). The van der Waals surface area contributed by atoms with Gasteiger partial charge in [0.05, 0.1) is 5.56 Å². The molecule has 0 aliphatic rings. The van der Waals surface area contributed by atoms with Gasteiger partial charge in [0.1, 0.15) is 5.82 Å². The largest absolute Gasteiger partial charge is 0.419 e. The van der Waals surface area contributed by atoms with E-state index in [2.05, 4.69) is 5.32 Å². The average molecular weight is 284 g/mol. The number of nitrogens with two attached hydrogens (primary N) is 1. The third-order valence-corrected chi connectivity index (χ3v) is 2.81. The van der Waals surface area contributed by atoms with Crippen molar-refractivity contribution in [3.63, 3.8) is 0 Å². The van der Waals surface area contributed by atoms with Crippen LogP contribution in [0.4, 0.5) is 34.6 Å². The lowest BCUT2D eigenvalue weighted by atomic mass is 10.1. The summed E-state index contributed by atoms with van der Waals surface area (Å²) in [7, 11) is 0. The highest BCUT2D eigenvalue weighted by molar-refractivity contribution is 5.67. The number of nitrogen functional groups attached to an aromatic ring is 1. The third kappa shape index (κ3) is 3.01. The molecule has 0 aliphatic heterocycles. The predicted molar refractivity (Wildman–Crippen MR) is 70.3 cm³/mol. The number of anilines is 3. The van der Waals surface area contributed by atoms with E-state index in [1.54, 1.807) is 25.1 Å². The van der Waals surface area contributed by atoms with Gasteiger partial charge in [-0.25, -0.2) is 4.39 Å². The highest BCUT2D eigenvalue weighted by Crippen LogP contribution is 2.34. The van der Waals surface area contributed by atoms with Gasteiger partial charge in [-0.3, -0.25) is 0 Å². The second-order valence-corrected chi connectivity index (χ2v) is 4.39. The van der Waals surface area contributed by atoms with Crippen LogP contribution in [-0.4, -0.2) is 0 Å². The Balaban J connectivity index is 2.37. The molecule has 0 aromatic heterocycles. The highest BCUT2D eigenvalue weighted by atomic mass is 19.4. The number of halogens is 4. The molecular formula is C14H12F4N2. The summed E-state index contributed by atoms with van der Waals surface area (Å²) in [5.41, 5.74) is 6.34. The molecule has 0 heterocycles. The average Bonchev–Trinajstić information content (AvgIpc) is 2.35. The van der Waals surface area contributed by atoms with Crippen molar-refractivity contribution in [2.75, 3.05) is 11.1 Å². The monoisotopic (exact) mass is 284 g/mol. The zero-order chi connectivity index (χ0) is 14.9. The van der Waals surface area contributed by atoms with E-state index in [1.165, 1.54) is 6.07 Å². The van der Waals surface area contributed by atoms with Gasteiger partial charge < -0.3 is 11.1 Å². The molecular weight excluding hydrogens is 272 g/mol. The maximum atomic E-state index is 13.2. The molecule has 6 heteroatoms. The minimum Gasteiger partial charge on any atom is -0.399 e. The topological polar surface area (TPSA) is 38.0 Å². The van der Waals surface area contributed by atoms with Crippen molar-refractivity contribution < 1.29 is 17.6 Å². The quantitative estimate of drug-likeness (QED) is 0.630. The summed E-state index contributed by atoms with van der Waals surface area (Å²) in [6.45, 7) is 1.79. The fourth-order valence-corrected chi connectivity index (χ4v) is 1.75. The van der Waals surface area contributed by atoms with Crippen LogP contribution in [0.1, 0.15) is 11.1 Å². The SMILES string of the molecule is Cc1ccc(N)cc1Nc1ccc(F)c(C(F)(F)F)c1. The van der Waals surface area contributed by atoms with Gasteiger partial charge >= 0.3 is 6.18 Å². The molecule has 0 spiro atoms. The fraction of sp³-hybridized carbons (Fsp3) is 0.143. The molecule has 0 unspecified atom stereocenters. The Kier molecular flexibility index (Phi) is 3.57. The standard InChI is InChI=1S/C14H12F4N2/c1-8-2-3-9(19)6-13(8)20-10-4-5-12(15)11(7-10)14(16,17)18/h2-7,20H,19H2,1H3. The zero-order valence-electron chi connectivity index (χ0n) is 10.6. The Hall–Kier alpha value is -2.24. The van der Waals surface area contributed by atoms with E-state index in [9.17, 15) is 17.6 Å². The van der Waals surface area contributed by atoms with Crippen molar-refractivity contribution in [2.24, 2.45) is 0 Å². The third-order valence-electron chi connectivity index (χ3n) is 2.81. The Bertz CT molecular complexity index is 636.